The highest BCUT2D eigenvalue weighted by molar-refractivity contribution is 9.10. The van der Waals surface area contributed by atoms with Crippen LogP contribution in [0.2, 0.25) is 0 Å². The first-order valence-electron chi connectivity index (χ1n) is 4.85. The van der Waals surface area contributed by atoms with Gasteiger partial charge in [-0.05, 0) is 40.2 Å². The molecule has 0 aromatic carbocycles. The van der Waals surface area contributed by atoms with Gasteiger partial charge in [0, 0.05) is 6.20 Å². The topological polar surface area (TPSA) is 43.3 Å². The SMILES string of the molecule is Brc1cccn2nc(Cc3ccco3)nc12. The van der Waals surface area contributed by atoms with Crippen LogP contribution < -0.4 is 0 Å². The van der Waals surface area contributed by atoms with E-state index in [1.165, 1.54) is 0 Å². The Hall–Kier alpha value is -1.62. The number of halogens is 1. The second kappa shape index (κ2) is 3.75. The molecule has 0 spiro atoms. The summed E-state index contributed by atoms with van der Waals surface area (Å²) in [6.07, 6.45) is 4.14. The Labute approximate surface area is 100 Å². The summed E-state index contributed by atoms with van der Waals surface area (Å²) in [6.45, 7) is 0. The quantitative estimate of drug-likeness (QED) is 0.723. The molecule has 0 fully saturated rings. The fourth-order valence-corrected chi connectivity index (χ4v) is 1.98. The maximum atomic E-state index is 5.26. The first-order valence-corrected chi connectivity index (χ1v) is 5.64. The molecule has 5 heteroatoms. The Bertz CT molecular complexity index is 615. The van der Waals surface area contributed by atoms with Crippen LogP contribution in [0.15, 0.2) is 45.6 Å². The van der Waals surface area contributed by atoms with Crippen molar-refractivity contribution in [2.45, 2.75) is 6.42 Å². The average Bonchev–Trinajstić information content (AvgIpc) is 2.88. The van der Waals surface area contributed by atoms with Gasteiger partial charge in [-0.25, -0.2) is 9.50 Å². The normalized spacial score (nSPS) is 11.1. The summed E-state index contributed by atoms with van der Waals surface area (Å²) in [5, 5.41) is 4.36. The van der Waals surface area contributed by atoms with Gasteiger partial charge < -0.3 is 4.42 Å². The van der Waals surface area contributed by atoms with Crippen molar-refractivity contribution in [3.8, 4) is 0 Å². The highest BCUT2D eigenvalue weighted by Crippen LogP contribution is 2.16. The van der Waals surface area contributed by atoms with E-state index in [1.807, 2.05) is 30.5 Å². The van der Waals surface area contributed by atoms with E-state index in [9.17, 15) is 0 Å². The van der Waals surface area contributed by atoms with Crippen LogP contribution >= 0.6 is 15.9 Å². The minimum atomic E-state index is 0.612. The van der Waals surface area contributed by atoms with Gasteiger partial charge in [0.25, 0.3) is 0 Å². The lowest BCUT2D eigenvalue weighted by Crippen LogP contribution is -1.90. The van der Waals surface area contributed by atoms with Crippen molar-refractivity contribution in [1.82, 2.24) is 14.6 Å². The summed E-state index contributed by atoms with van der Waals surface area (Å²) in [4.78, 5) is 4.43. The summed E-state index contributed by atoms with van der Waals surface area (Å²) in [5.41, 5.74) is 0.823. The van der Waals surface area contributed by atoms with Gasteiger partial charge in [0.05, 0.1) is 17.2 Å². The molecule has 4 nitrogen and oxygen atoms in total. The molecular weight excluding hydrogens is 270 g/mol. The number of furan rings is 1. The van der Waals surface area contributed by atoms with E-state index in [-0.39, 0.29) is 0 Å². The molecule has 3 aromatic heterocycles. The Morgan fingerprint density at radius 1 is 1.31 bits per heavy atom. The number of hydrogen-bond donors (Lipinski definition) is 0. The minimum Gasteiger partial charge on any atom is -0.469 e. The van der Waals surface area contributed by atoms with Crippen molar-refractivity contribution in [2.75, 3.05) is 0 Å². The summed E-state index contributed by atoms with van der Waals surface area (Å²) in [6, 6.07) is 7.64. The van der Waals surface area contributed by atoms with Crippen LogP contribution in [0.5, 0.6) is 0 Å². The number of fused-ring (bicyclic) bond motifs is 1. The lowest BCUT2D eigenvalue weighted by Gasteiger charge is -1.90. The third-order valence-electron chi connectivity index (χ3n) is 2.27. The van der Waals surface area contributed by atoms with E-state index in [0.29, 0.717) is 6.42 Å². The standard InChI is InChI=1S/C11H8BrN3O/c12-9-4-1-5-15-11(9)13-10(14-15)7-8-3-2-6-16-8/h1-6H,7H2. The molecule has 0 aliphatic carbocycles. The molecule has 0 amide bonds. The molecule has 0 unspecified atom stereocenters. The molecule has 80 valence electrons. The molecule has 0 saturated heterocycles. The van der Waals surface area contributed by atoms with Crippen LogP contribution in [0.1, 0.15) is 11.6 Å². The summed E-state index contributed by atoms with van der Waals surface area (Å²) < 4.78 is 7.95. The fraction of sp³-hybridized carbons (Fsp3) is 0.0909. The van der Waals surface area contributed by atoms with Crippen LogP contribution in [-0.2, 0) is 6.42 Å². The van der Waals surface area contributed by atoms with E-state index >= 15 is 0 Å². The average molecular weight is 278 g/mol. The Morgan fingerprint density at radius 3 is 3.00 bits per heavy atom. The van der Waals surface area contributed by atoms with Crippen molar-refractivity contribution >= 4 is 21.6 Å². The third kappa shape index (κ3) is 1.63. The molecule has 0 N–H and O–H groups in total. The number of rotatable bonds is 2. The molecule has 3 aromatic rings. The van der Waals surface area contributed by atoms with Gasteiger partial charge >= 0.3 is 0 Å². The largest absolute Gasteiger partial charge is 0.469 e. The van der Waals surface area contributed by atoms with Crippen LogP contribution in [0, 0.1) is 0 Å². The molecule has 0 saturated carbocycles. The lowest BCUT2D eigenvalue weighted by atomic mass is 10.3. The highest BCUT2D eigenvalue weighted by Gasteiger charge is 2.07. The second-order valence-corrected chi connectivity index (χ2v) is 4.26. The molecular formula is C11H8BrN3O. The van der Waals surface area contributed by atoms with Crippen molar-refractivity contribution in [3.05, 3.63) is 52.8 Å². The van der Waals surface area contributed by atoms with Gasteiger partial charge in [-0.1, -0.05) is 0 Å². The molecule has 0 aliphatic heterocycles. The van der Waals surface area contributed by atoms with Crippen molar-refractivity contribution in [2.24, 2.45) is 0 Å². The van der Waals surface area contributed by atoms with Crippen molar-refractivity contribution < 1.29 is 4.42 Å². The van der Waals surface area contributed by atoms with E-state index in [2.05, 4.69) is 26.0 Å². The number of aromatic nitrogens is 3. The first-order chi connectivity index (χ1) is 7.83. The smallest absolute Gasteiger partial charge is 0.169 e. The fourth-order valence-electron chi connectivity index (χ4n) is 1.56. The Morgan fingerprint density at radius 2 is 2.25 bits per heavy atom. The van der Waals surface area contributed by atoms with Gasteiger partial charge in [0.1, 0.15) is 5.76 Å². The number of hydrogen-bond acceptors (Lipinski definition) is 3. The lowest BCUT2D eigenvalue weighted by molar-refractivity contribution is 0.517. The molecule has 0 bridgehead atoms. The van der Waals surface area contributed by atoms with Crippen LogP contribution in [0.4, 0.5) is 0 Å². The zero-order valence-electron chi connectivity index (χ0n) is 8.30. The van der Waals surface area contributed by atoms with Crippen LogP contribution in [-0.4, -0.2) is 14.6 Å². The summed E-state index contributed by atoms with van der Waals surface area (Å²) in [7, 11) is 0. The van der Waals surface area contributed by atoms with E-state index in [4.69, 9.17) is 4.42 Å². The number of pyridine rings is 1. The van der Waals surface area contributed by atoms with Gasteiger partial charge in [0.15, 0.2) is 11.5 Å². The van der Waals surface area contributed by atoms with E-state index in [1.54, 1.807) is 10.8 Å². The van der Waals surface area contributed by atoms with Crippen LogP contribution in [0.3, 0.4) is 0 Å². The predicted octanol–water partition coefficient (Wildman–Crippen LogP) is 2.68. The molecule has 3 heterocycles. The summed E-state index contributed by atoms with van der Waals surface area (Å²) in [5.74, 6) is 1.62. The zero-order valence-corrected chi connectivity index (χ0v) is 9.89. The maximum Gasteiger partial charge on any atom is 0.169 e. The Balaban J connectivity index is 2.02. The first kappa shape index (κ1) is 9.59. The van der Waals surface area contributed by atoms with E-state index in [0.717, 1.165) is 21.7 Å². The molecule has 16 heavy (non-hydrogen) atoms. The molecule has 0 atom stereocenters. The van der Waals surface area contributed by atoms with Crippen molar-refractivity contribution in [1.29, 1.82) is 0 Å². The minimum absolute atomic E-state index is 0.612. The molecule has 3 rings (SSSR count). The van der Waals surface area contributed by atoms with Crippen molar-refractivity contribution in [3.63, 3.8) is 0 Å². The van der Waals surface area contributed by atoms with Crippen LogP contribution in [0.25, 0.3) is 5.65 Å². The highest BCUT2D eigenvalue weighted by atomic mass is 79.9. The third-order valence-corrected chi connectivity index (χ3v) is 2.89. The second-order valence-electron chi connectivity index (χ2n) is 3.41. The van der Waals surface area contributed by atoms with E-state index < -0.39 is 0 Å². The summed E-state index contributed by atoms with van der Waals surface area (Å²) >= 11 is 3.44. The monoisotopic (exact) mass is 277 g/mol. The van der Waals surface area contributed by atoms with Gasteiger partial charge in [0.2, 0.25) is 0 Å². The predicted molar refractivity (Wildman–Crippen MR) is 62.2 cm³/mol. The zero-order chi connectivity index (χ0) is 11.0. The molecule has 0 radical (unpaired) electrons. The number of nitrogens with zero attached hydrogens (tertiary/aromatic N) is 3. The van der Waals surface area contributed by atoms with Gasteiger partial charge in [-0.3, -0.25) is 0 Å². The Kier molecular flexibility index (Phi) is 2.25. The van der Waals surface area contributed by atoms with Gasteiger partial charge in [-0.15, -0.1) is 0 Å². The maximum absolute atomic E-state index is 5.26. The van der Waals surface area contributed by atoms with Gasteiger partial charge in [-0.2, -0.15) is 5.10 Å². The molecule has 0 aliphatic rings.